The molecule has 0 aromatic heterocycles. The number of carbonyl (C=O) groups is 3. The summed E-state index contributed by atoms with van der Waals surface area (Å²) in [4.78, 5) is 36.4. The van der Waals surface area contributed by atoms with Gasteiger partial charge in [0.15, 0.2) is 0 Å². The standard InChI is InChI=1S/C26H24N2O5/c1-3-32-26(31)33-21-14-12-20(13-15-21)25(30)28-23-10-5-4-9-22(23)27-24(29)16-11-19-8-6-7-18(2)17-19/h4-17H,3H2,1-2H3,(H,27,29)(H,28,30)/b16-11+. The lowest BCUT2D eigenvalue weighted by Gasteiger charge is -2.12. The number of carbonyl (C=O) groups excluding carboxylic acids is 3. The molecule has 0 unspecified atom stereocenters. The Morgan fingerprint density at radius 1 is 0.879 bits per heavy atom. The lowest BCUT2D eigenvalue weighted by atomic mass is 10.1. The maximum Gasteiger partial charge on any atom is 0.513 e. The van der Waals surface area contributed by atoms with Gasteiger partial charge in [-0.25, -0.2) is 4.79 Å². The van der Waals surface area contributed by atoms with E-state index >= 15 is 0 Å². The van der Waals surface area contributed by atoms with E-state index in [9.17, 15) is 14.4 Å². The molecule has 3 rings (SSSR count). The molecule has 0 heterocycles. The molecule has 3 aromatic carbocycles. The summed E-state index contributed by atoms with van der Waals surface area (Å²) >= 11 is 0. The van der Waals surface area contributed by atoms with Crippen molar-refractivity contribution in [1.82, 2.24) is 0 Å². The van der Waals surface area contributed by atoms with E-state index in [2.05, 4.69) is 10.6 Å². The van der Waals surface area contributed by atoms with Crippen molar-refractivity contribution >= 4 is 35.4 Å². The minimum Gasteiger partial charge on any atom is -0.434 e. The Kier molecular flexibility index (Phi) is 7.96. The Morgan fingerprint density at radius 3 is 2.24 bits per heavy atom. The largest absolute Gasteiger partial charge is 0.513 e. The zero-order valence-corrected chi connectivity index (χ0v) is 18.3. The first kappa shape index (κ1) is 23.3. The second kappa shape index (κ2) is 11.3. The first-order valence-corrected chi connectivity index (χ1v) is 10.4. The van der Waals surface area contributed by atoms with Gasteiger partial charge in [0.25, 0.3) is 5.91 Å². The van der Waals surface area contributed by atoms with Crippen molar-refractivity contribution in [1.29, 1.82) is 0 Å². The van der Waals surface area contributed by atoms with E-state index in [4.69, 9.17) is 9.47 Å². The van der Waals surface area contributed by atoms with Crippen molar-refractivity contribution < 1.29 is 23.9 Å². The molecule has 0 radical (unpaired) electrons. The zero-order valence-electron chi connectivity index (χ0n) is 18.3. The minimum absolute atomic E-state index is 0.205. The van der Waals surface area contributed by atoms with Crippen molar-refractivity contribution in [2.24, 2.45) is 0 Å². The molecule has 0 aliphatic heterocycles. The van der Waals surface area contributed by atoms with Crippen LogP contribution in [-0.2, 0) is 9.53 Å². The van der Waals surface area contributed by atoms with Gasteiger partial charge < -0.3 is 20.1 Å². The van der Waals surface area contributed by atoms with Crippen LogP contribution in [0.25, 0.3) is 6.08 Å². The van der Waals surface area contributed by atoms with Gasteiger partial charge in [-0.15, -0.1) is 0 Å². The molecule has 168 valence electrons. The molecule has 0 spiro atoms. The molecule has 0 saturated heterocycles. The number of rotatable bonds is 7. The van der Waals surface area contributed by atoms with Crippen molar-refractivity contribution in [3.8, 4) is 5.75 Å². The molecule has 0 bridgehead atoms. The van der Waals surface area contributed by atoms with Gasteiger partial charge in [0.1, 0.15) is 5.75 Å². The molecule has 33 heavy (non-hydrogen) atoms. The maximum atomic E-state index is 12.7. The number of hydrogen-bond acceptors (Lipinski definition) is 5. The predicted octanol–water partition coefficient (Wildman–Crippen LogP) is 5.43. The average Bonchev–Trinajstić information content (AvgIpc) is 2.80. The SMILES string of the molecule is CCOC(=O)Oc1ccc(C(=O)Nc2ccccc2NC(=O)/C=C/c2cccc(C)c2)cc1. The monoisotopic (exact) mass is 444 g/mol. The Hall–Kier alpha value is -4.39. The molecular weight excluding hydrogens is 420 g/mol. The lowest BCUT2D eigenvalue weighted by molar-refractivity contribution is -0.111. The predicted molar refractivity (Wildman–Crippen MR) is 127 cm³/mol. The molecule has 0 saturated carbocycles. The third kappa shape index (κ3) is 7.07. The van der Waals surface area contributed by atoms with Crippen LogP contribution >= 0.6 is 0 Å². The number of benzene rings is 3. The second-order valence-electron chi connectivity index (χ2n) is 7.05. The molecule has 0 aliphatic rings. The Morgan fingerprint density at radius 2 is 1.58 bits per heavy atom. The van der Waals surface area contributed by atoms with Gasteiger partial charge in [-0.2, -0.15) is 0 Å². The quantitative estimate of drug-likeness (QED) is 0.288. The van der Waals surface area contributed by atoms with E-state index in [1.807, 2.05) is 31.2 Å². The third-order valence-electron chi connectivity index (χ3n) is 4.48. The molecule has 7 heteroatoms. The van der Waals surface area contributed by atoms with Crippen LogP contribution in [0.5, 0.6) is 5.75 Å². The Bertz CT molecular complexity index is 1170. The number of hydrogen-bond donors (Lipinski definition) is 2. The first-order valence-electron chi connectivity index (χ1n) is 10.4. The molecular formula is C26H24N2O5. The highest BCUT2D eigenvalue weighted by Gasteiger charge is 2.11. The van der Waals surface area contributed by atoms with Crippen molar-refractivity contribution in [2.75, 3.05) is 17.2 Å². The number of amides is 2. The zero-order chi connectivity index (χ0) is 23.6. The summed E-state index contributed by atoms with van der Waals surface area (Å²) in [5, 5.41) is 5.57. The summed E-state index contributed by atoms with van der Waals surface area (Å²) in [6.45, 7) is 3.86. The van der Waals surface area contributed by atoms with E-state index in [-0.39, 0.29) is 24.2 Å². The topological polar surface area (TPSA) is 93.7 Å². The fourth-order valence-electron chi connectivity index (χ4n) is 2.93. The van der Waals surface area contributed by atoms with E-state index < -0.39 is 6.16 Å². The van der Waals surface area contributed by atoms with E-state index in [1.54, 1.807) is 37.3 Å². The van der Waals surface area contributed by atoms with Gasteiger partial charge in [-0.1, -0.05) is 42.0 Å². The van der Waals surface area contributed by atoms with Gasteiger partial charge in [-0.05, 0) is 61.9 Å². The third-order valence-corrected chi connectivity index (χ3v) is 4.48. The second-order valence-corrected chi connectivity index (χ2v) is 7.05. The van der Waals surface area contributed by atoms with Gasteiger partial charge in [0.05, 0.1) is 18.0 Å². The van der Waals surface area contributed by atoms with Crippen molar-refractivity contribution in [3.63, 3.8) is 0 Å². The van der Waals surface area contributed by atoms with Crippen LogP contribution in [0.2, 0.25) is 0 Å². The van der Waals surface area contributed by atoms with Crippen LogP contribution in [0.15, 0.2) is 78.9 Å². The molecule has 0 fully saturated rings. The van der Waals surface area contributed by atoms with Crippen LogP contribution in [0.3, 0.4) is 0 Å². The molecule has 2 N–H and O–H groups in total. The number of aryl methyl sites for hydroxylation is 1. The van der Waals surface area contributed by atoms with Crippen LogP contribution in [0.4, 0.5) is 16.2 Å². The number of anilines is 2. The summed E-state index contributed by atoms with van der Waals surface area (Å²) in [7, 11) is 0. The van der Waals surface area contributed by atoms with E-state index in [0.29, 0.717) is 16.9 Å². The fraction of sp³-hybridized carbons (Fsp3) is 0.115. The number of para-hydroxylation sites is 2. The molecule has 2 amide bonds. The minimum atomic E-state index is -0.809. The highest BCUT2D eigenvalue weighted by Crippen LogP contribution is 2.22. The van der Waals surface area contributed by atoms with Gasteiger partial charge in [0.2, 0.25) is 5.91 Å². The maximum absolute atomic E-state index is 12.7. The van der Waals surface area contributed by atoms with Gasteiger partial charge >= 0.3 is 6.16 Å². The van der Waals surface area contributed by atoms with Crippen LogP contribution in [0.1, 0.15) is 28.4 Å². The van der Waals surface area contributed by atoms with Crippen LogP contribution in [0, 0.1) is 6.92 Å². The summed E-state index contributed by atoms with van der Waals surface area (Å²) in [6, 6.07) is 20.7. The van der Waals surface area contributed by atoms with Crippen molar-refractivity contribution in [2.45, 2.75) is 13.8 Å². The van der Waals surface area contributed by atoms with Crippen LogP contribution in [-0.4, -0.2) is 24.6 Å². The smallest absolute Gasteiger partial charge is 0.434 e. The Labute approximate surface area is 192 Å². The average molecular weight is 444 g/mol. The van der Waals surface area contributed by atoms with Crippen LogP contribution < -0.4 is 15.4 Å². The van der Waals surface area contributed by atoms with Gasteiger partial charge in [-0.3, -0.25) is 9.59 Å². The summed E-state index contributed by atoms with van der Waals surface area (Å²) in [6.07, 6.45) is 2.36. The summed E-state index contributed by atoms with van der Waals surface area (Å²) < 4.78 is 9.70. The highest BCUT2D eigenvalue weighted by molar-refractivity contribution is 6.09. The number of nitrogens with one attached hydrogen (secondary N) is 2. The first-order chi connectivity index (χ1) is 15.9. The Balaban J connectivity index is 1.64. The van der Waals surface area contributed by atoms with E-state index in [0.717, 1.165) is 11.1 Å². The molecule has 7 nitrogen and oxygen atoms in total. The summed E-state index contributed by atoms with van der Waals surface area (Å²) in [5.41, 5.74) is 3.29. The van der Waals surface area contributed by atoms with E-state index in [1.165, 1.54) is 30.3 Å². The number of ether oxygens (including phenoxy) is 2. The molecule has 0 atom stereocenters. The highest BCUT2D eigenvalue weighted by atomic mass is 16.7. The molecule has 3 aromatic rings. The lowest BCUT2D eigenvalue weighted by Crippen LogP contribution is -2.15. The normalized spacial score (nSPS) is 10.5. The fourth-order valence-corrected chi connectivity index (χ4v) is 2.93. The van der Waals surface area contributed by atoms with Gasteiger partial charge in [0, 0.05) is 11.6 Å². The summed E-state index contributed by atoms with van der Waals surface area (Å²) in [5.74, 6) is -0.439. The molecule has 0 aliphatic carbocycles. The van der Waals surface area contributed by atoms with Crippen molar-refractivity contribution in [3.05, 3.63) is 95.6 Å².